The molecule has 3 aliphatic rings. The highest BCUT2D eigenvalue weighted by molar-refractivity contribution is 6.20. The van der Waals surface area contributed by atoms with Crippen LogP contribution in [0.15, 0.2) is 40.1 Å². The number of nitrogens with zero attached hydrogens (tertiary/aromatic N) is 1. The lowest BCUT2D eigenvalue weighted by molar-refractivity contribution is -0.124. The standard InChI is InChI=1S/C18H21ClN2O2/c1-18(2,10-19)17(23)20-11-7-8-13-12-5-3-4-6-14(12)16(22)21-15(13)9-11/h7-9,13H,3-6,10H2,1-2H3,(H,21,22). The molecule has 0 bridgehead atoms. The molecule has 0 radical (unpaired) electrons. The summed E-state index contributed by atoms with van der Waals surface area (Å²) in [5.41, 5.74) is 2.89. The highest BCUT2D eigenvalue weighted by Gasteiger charge is 2.33. The Bertz CT molecular complexity index is 683. The van der Waals surface area contributed by atoms with E-state index in [4.69, 9.17) is 11.6 Å². The molecule has 0 spiro atoms. The molecule has 1 N–H and O–H groups in total. The van der Waals surface area contributed by atoms with Gasteiger partial charge in [0.15, 0.2) is 0 Å². The molecule has 0 aromatic carbocycles. The summed E-state index contributed by atoms with van der Waals surface area (Å²) in [5.74, 6) is 0.0999. The Hall–Kier alpha value is -1.68. The lowest BCUT2D eigenvalue weighted by Gasteiger charge is -2.33. The summed E-state index contributed by atoms with van der Waals surface area (Å²) < 4.78 is 0. The van der Waals surface area contributed by atoms with Crippen molar-refractivity contribution in [2.24, 2.45) is 16.3 Å². The van der Waals surface area contributed by atoms with Gasteiger partial charge in [-0.05, 0) is 57.3 Å². The molecule has 2 aliphatic carbocycles. The molecule has 2 amide bonds. The summed E-state index contributed by atoms with van der Waals surface area (Å²) >= 11 is 5.83. The highest BCUT2D eigenvalue weighted by atomic mass is 35.5. The Balaban J connectivity index is 1.89. The van der Waals surface area contributed by atoms with Crippen LogP contribution in [0.1, 0.15) is 39.5 Å². The van der Waals surface area contributed by atoms with Crippen molar-refractivity contribution in [3.8, 4) is 0 Å². The molecule has 0 saturated heterocycles. The average molecular weight is 333 g/mol. The summed E-state index contributed by atoms with van der Waals surface area (Å²) in [7, 11) is 0. The molecule has 1 atom stereocenters. The second-order valence-electron chi connectivity index (χ2n) is 6.96. The fraction of sp³-hybridized carbons (Fsp3) is 0.500. The van der Waals surface area contributed by atoms with Gasteiger partial charge in [0.2, 0.25) is 0 Å². The first kappa shape index (κ1) is 16.2. The number of nitrogens with one attached hydrogen (secondary N) is 1. The van der Waals surface area contributed by atoms with Crippen molar-refractivity contribution in [2.75, 3.05) is 5.88 Å². The molecule has 0 aromatic rings. The summed E-state index contributed by atoms with van der Waals surface area (Å²) in [6.45, 7) is 3.55. The quantitative estimate of drug-likeness (QED) is 0.789. The summed E-state index contributed by atoms with van der Waals surface area (Å²) in [4.78, 5) is 28.6. The third-order valence-electron chi connectivity index (χ3n) is 4.66. The Morgan fingerprint density at radius 2 is 2.13 bits per heavy atom. The monoisotopic (exact) mass is 332 g/mol. The Morgan fingerprint density at radius 3 is 2.87 bits per heavy atom. The van der Waals surface area contributed by atoms with E-state index in [2.05, 4.69) is 10.3 Å². The first-order valence-corrected chi connectivity index (χ1v) is 8.58. The lowest BCUT2D eigenvalue weighted by Crippen LogP contribution is -2.37. The van der Waals surface area contributed by atoms with Crippen molar-refractivity contribution in [1.82, 2.24) is 5.32 Å². The normalized spacial score (nSPS) is 25.7. The number of fused-ring (bicyclic) bond motifs is 2. The number of aliphatic imine (C=N–C) groups is 1. The average Bonchev–Trinajstić information content (AvgIpc) is 2.55. The zero-order chi connectivity index (χ0) is 16.6. The molecule has 0 fully saturated rings. The second-order valence-corrected chi connectivity index (χ2v) is 7.23. The van der Waals surface area contributed by atoms with E-state index in [1.165, 1.54) is 5.57 Å². The van der Waals surface area contributed by atoms with E-state index in [0.717, 1.165) is 37.0 Å². The first-order chi connectivity index (χ1) is 10.9. The minimum absolute atomic E-state index is 0.00395. The first-order valence-electron chi connectivity index (χ1n) is 8.04. The van der Waals surface area contributed by atoms with Crippen LogP contribution in [0.25, 0.3) is 0 Å². The summed E-state index contributed by atoms with van der Waals surface area (Å²) in [5, 5.41) is 2.97. The van der Waals surface area contributed by atoms with Crippen LogP contribution >= 0.6 is 11.6 Å². The van der Waals surface area contributed by atoms with Gasteiger partial charge in [0.25, 0.3) is 11.8 Å². The molecule has 0 saturated carbocycles. The Kier molecular flexibility index (Phi) is 4.28. The SMILES string of the molecule is CC(C)(CCl)C(=O)N=C1C=CC2C(=C1)NC(=O)C1=C2CCCC1. The number of allylic oxidation sites excluding steroid dienone is 3. The lowest BCUT2D eigenvalue weighted by atomic mass is 9.77. The van der Waals surface area contributed by atoms with Crippen LogP contribution in [0.5, 0.6) is 0 Å². The van der Waals surface area contributed by atoms with E-state index in [-0.39, 0.29) is 23.6 Å². The molecular formula is C18H21ClN2O2. The Labute approximate surface area is 141 Å². The minimum atomic E-state index is -0.688. The van der Waals surface area contributed by atoms with Gasteiger partial charge in [-0.25, -0.2) is 4.99 Å². The minimum Gasteiger partial charge on any atom is -0.325 e. The van der Waals surface area contributed by atoms with Crippen molar-refractivity contribution in [3.63, 3.8) is 0 Å². The predicted molar refractivity (Wildman–Crippen MR) is 91.3 cm³/mol. The van der Waals surface area contributed by atoms with Crippen LogP contribution < -0.4 is 5.32 Å². The third kappa shape index (κ3) is 3.05. The van der Waals surface area contributed by atoms with Gasteiger partial charge in [-0.2, -0.15) is 0 Å². The van der Waals surface area contributed by atoms with E-state index in [1.807, 2.05) is 18.2 Å². The fourth-order valence-electron chi connectivity index (χ4n) is 3.15. The second kappa shape index (κ2) is 6.08. The van der Waals surface area contributed by atoms with Crippen molar-refractivity contribution in [2.45, 2.75) is 39.5 Å². The van der Waals surface area contributed by atoms with Crippen molar-refractivity contribution in [3.05, 3.63) is 35.1 Å². The largest absolute Gasteiger partial charge is 0.325 e. The van der Waals surface area contributed by atoms with Gasteiger partial charge < -0.3 is 5.32 Å². The van der Waals surface area contributed by atoms with E-state index in [9.17, 15) is 9.59 Å². The van der Waals surface area contributed by atoms with Gasteiger partial charge in [-0.1, -0.05) is 6.08 Å². The van der Waals surface area contributed by atoms with E-state index in [1.54, 1.807) is 13.8 Å². The maximum atomic E-state index is 12.3. The van der Waals surface area contributed by atoms with E-state index < -0.39 is 5.41 Å². The van der Waals surface area contributed by atoms with Gasteiger partial charge >= 0.3 is 0 Å². The molecule has 1 heterocycles. The zero-order valence-corrected chi connectivity index (χ0v) is 14.2. The van der Waals surface area contributed by atoms with Gasteiger partial charge in [-0.3, -0.25) is 9.59 Å². The smallest absolute Gasteiger partial charge is 0.253 e. The fourth-order valence-corrected chi connectivity index (χ4v) is 3.26. The molecule has 0 aromatic heterocycles. The van der Waals surface area contributed by atoms with Gasteiger partial charge in [0.1, 0.15) is 0 Å². The number of alkyl halides is 1. The van der Waals surface area contributed by atoms with Crippen LogP contribution in [0.4, 0.5) is 0 Å². The van der Waals surface area contributed by atoms with Crippen molar-refractivity contribution in [1.29, 1.82) is 0 Å². The molecule has 23 heavy (non-hydrogen) atoms. The number of halogens is 1. The molecule has 5 heteroatoms. The summed E-state index contributed by atoms with van der Waals surface area (Å²) in [6.07, 6.45) is 9.76. The molecule has 1 unspecified atom stereocenters. The topological polar surface area (TPSA) is 58.5 Å². The van der Waals surface area contributed by atoms with Crippen LogP contribution in [-0.4, -0.2) is 23.4 Å². The van der Waals surface area contributed by atoms with Crippen LogP contribution in [0.2, 0.25) is 0 Å². The third-order valence-corrected chi connectivity index (χ3v) is 5.33. The molecule has 4 nitrogen and oxygen atoms in total. The Morgan fingerprint density at radius 1 is 1.39 bits per heavy atom. The molecular weight excluding hydrogens is 312 g/mol. The van der Waals surface area contributed by atoms with Crippen molar-refractivity contribution >= 4 is 29.1 Å². The number of hydrogen-bond acceptors (Lipinski definition) is 2. The number of carbonyl (C=O) groups excluding carboxylic acids is 2. The van der Waals surface area contributed by atoms with Gasteiger partial charge in [0.05, 0.1) is 11.1 Å². The molecule has 3 rings (SSSR count). The highest BCUT2D eigenvalue weighted by Crippen LogP contribution is 2.38. The number of rotatable bonds is 2. The van der Waals surface area contributed by atoms with Crippen LogP contribution in [-0.2, 0) is 9.59 Å². The maximum absolute atomic E-state index is 12.3. The predicted octanol–water partition coefficient (Wildman–Crippen LogP) is 3.29. The zero-order valence-electron chi connectivity index (χ0n) is 13.5. The number of hydrogen-bond donors (Lipinski definition) is 1. The van der Waals surface area contributed by atoms with Gasteiger partial charge in [-0.15, -0.1) is 11.6 Å². The summed E-state index contributed by atoms with van der Waals surface area (Å²) in [6, 6.07) is 0. The molecule has 122 valence electrons. The van der Waals surface area contributed by atoms with E-state index >= 15 is 0 Å². The van der Waals surface area contributed by atoms with E-state index in [0.29, 0.717) is 5.71 Å². The number of amides is 2. The molecule has 1 aliphatic heterocycles. The number of carbonyl (C=O) groups is 2. The van der Waals surface area contributed by atoms with Crippen LogP contribution in [0.3, 0.4) is 0 Å². The van der Waals surface area contributed by atoms with Gasteiger partial charge in [0, 0.05) is 23.1 Å². The maximum Gasteiger partial charge on any atom is 0.253 e. The van der Waals surface area contributed by atoms with Crippen LogP contribution in [0, 0.1) is 11.3 Å². The van der Waals surface area contributed by atoms with Crippen molar-refractivity contribution < 1.29 is 9.59 Å².